The fraction of sp³-hybridized carbons (Fsp3) is 0.353. The summed E-state index contributed by atoms with van der Waals surface area (Å²) in [5.41, 5.74) is 1.92. The minimum absolute atomic E-state index is 0.0148. The minimum atomic E-state index is -0.228. The van der Waals surface area contributed by atoms with Crippen molar-refractivity contribution in [3.63, 3.8) is 0 Å². The van der Waals surface area contributed by atoms with Crippen LogP contribution in [0.4, 0.5) is 0 Å². The highest BCUT2D eigenvalue weighted by molar-refractivity contribution is 5.91. The number of hydrogen-bond acceptors (Lipinski definition) is 5. The van der Waals surface area contributed by atoms with E-state index in [0.717, 1.165) is 29.2 Å². The van der Waals surface area contributed by atoms with Crippen molar-refractivity contribution >= 4 is 5.91 Å². The highest BCUT2D eigenvalue weighted by Crippen LogP contribution is 2.25. The summed E-state index contributed by atoms with van der Waals surface area (Å²) in [5.74, 6) is 1.69. The number of furan rings is 1. The van der Waals surface area contributed by atoms with Crippen LogP contribution in [0.3, 0.4) is 0 Å². The van der Waals surface area contributed by atoms with Gasteiger partial charge in [-0.1, -0.05) is 6.07 Å². The lowest BCUT2D eigenvalue weighted by Crippen LogP contribution is -2.25. The van der Waals surface area contributed by atoms with E-state index >= 15 is 0 Å². The molecule has 0 spiro atoms. The highest BCUT2D eigenvalue weighted by atomic mass is 16.5. The van der Waals surface area contributed by atoms with Crippen LogP contribution in [-0.4, -0.2) is 36.1 Å². The largest absolute Gasteiger partial charge is 0.492 e. The summed E-state index contributed by atoms with van der Waals surface area (Å²) in [5, 5.41) is 11.8. The third-order valence-corrected chi connectivity index (χ3v) is 3.86. The monoisotopic (exact) mass is 316 g/mol. The summed E-state index contributed by atoms with van der Waals surface area (Å²) in [4.78, 5) is 13.7. The third-order valence-electron chi connectivity index (χ3n) is 3.86. The van der Waals surface area contributed by atoms with Crippen LogP contribution in [0.15, 0.2) is 34.7 Å². The molecule has 0 radical (unpaired) electrons. The van der Waals surface area contributed by atoms with Gasteiger partial charge in [-0.05, 0) is 29.8 Å². The lowest BCUT2D eigenvalue weighted by molar-refractivity contribution is 0.0931. The average molecular weight is 316 g/mol. The molecule has 1 aromatic carbocycles. The number of amides is 1. The van der Waals surface area contributed by atoms with E-state index in [-0.39, 0.29) is 12.5 Å². The fourth-order valence-corrected chi connectivity index (χ4v) is 2.66. The zero-order chi connectivity index (χ0) is 16.2. The molecule has 0 bridgehead atoms. The van der Waals surface area contributed by atoms with Gasteiger partial charge in [0.25, 0.3) is 5.91 Å². The first-order valence-electron chi connectivity index (χ1n) is 7.58. The fourth-order valence-electron chi connectivity index (χ4n) is 2.66. The number of carbonyl (C=O) groups excluding carboxylic acids is 1. The van der Waals surface area contributed by atoms with E-state index < -0.39 is 0 Å². The molecule has 2 N–H and O–H groups in total. The summed E-state index contributed by atoms with van der Waals surface area (Å²) >= 11 is 0. The number of nitrogens with one attached hydrogen (secondary N) is 1. The van der Waals surface area contributed by atoms with E-state index in [2.05, 4.69) is 10.2 Å². The molecule has 2 heterocycles. The number of fused-ring (bicyclic) bond motifs is 1. The number of hydrogen-bond donors (Lipinski definition) is 2. The van der Waals surface area contributed by atoms with Gasteiger partial charge in [0, 0.05) is 25.7 Å². The second-order valence-electron chi connectivity index (χ2n) is 5.50. The van der Waals surface area contributed by atoms with Crippen molar-refractivity contribution in [2.75, 3.05) is 20.2 Å². The van der Waals surface area contributed by atoms with Crippen LogP contribution in [-0.2, 0) is 19.7 Å². The standard InChI is InChI=1S/C17H20N2O4/c1-18-17(21)16-5-3-14(23-16)10-19-6-7-22-15-4-2-12(11-20)8-13(15)9-19/h2-5,8,20H,6-7,9-11H2,1H3,(H,18,21). The number of rotatable bonds is 4. The third kappa shape index (κ3) is 3.55. The lowest BCUT2D eigenvalue weighted by atomic mass is 10.1. The molecule has 0 fully saturated rings. The van der Waals surface area contributed by atoms with Crippen molar-refractivity contribution < 1.29 is 19.1 Å². The lowest BCUT2D eigenvalue weighted by Gasteiger charge is -2.17. The van der Waals surface area contributed by atoms with Crippen LogP contribution >= 0.6 is 0 Å². The van der Waals surface area contributed by atoms with Crippen LogP contribution < -0.4 is 10.1 Å². The van der Waals surface area contributed by atoms with Crippen LogP contribution in [0.1, 0.15) is 27.4 Å². The number of aliphatic hydroxyl groups is 1. The average Bonchev–Trinajstić information content (AvgIpc) is 2.94. The summed E-state index contributed by atoms with van der Waals surface area (Å²) in [6.07, 6.45) is 0. The molecule has 0 aliphatic carbocycles. The van der Waals surface area contributed by atoms with Crippen molar-refractivity contribution in [3.8, 4) is 5.75 Å². The number of nitrogens with zero attached hydrogens (tertiary/aromatic N) is 1. The molecular formula is C17H20N2O4. The Balaban J connectivity index is 1.73. The number of ether oxygens (including phenoxy) is 1. The van der Waals surface area contributed by atoms with Gasteiger partial charge in [0.2, 0.25) is 0 Å². The number of benzene rings is 1. The van der Waals surface area contributed by atoms with E-state index in [1.807, 2.05) is 24.3 Å². The molecule has 2 aromatic rings. The number of carbonyl (C=O) groups is 1. The van der Waals surface area contributed by atoms with E-state index in [1.165, 1.54) is 0 Å². The molecule has 1 aliphatic rings. The predicted molar refractivity (Wildman–Crippen MR) is 84.1 cm³/mol. The molecule has 6 nitrogen and oxygen atoms in total. The molecule has 0 atom stereocenters. The molecule has 0 saturated heterocycles. The normalized spacial score (nSPS) is 14.7. The Labute approximate surface area is 134 Å². The zero-order valence-corrected chi connectivity index (χ0v) is 13.0. The van der Waals surface area contributed by atoms with Crippen LogP contribution in [0, 0.1) is 0 Å². The summed E-state index contributed by atoms with van der Waals surface area (Å²) in [6, 6.07) is 9.24. The first-order chi connectivity index (χ1) is 11.2. The Morgan fingerprint density at radius 2 is 2.22 bits per heavy atom. The second-order valence-corrected chi connectivity index (χ2v) is 5.50. The van der Waals surface area contributed by atoms with Crippen LogP contribution in [0.5, 0.6) is 5.75 Å². The van der Waals surface area contributed by atoms with Crippen LogP contribution in [0.2, 0.25) is 0 Å². The van der Waals surface area contributed by atoms with Gasteiger partial charge in [-0.25, -0.2) is 0 Å². The van der Waals surface area contributed by atoms with Crippen molar-refractivity contribution in [1.29, 1.82) is 0 Å². The number of aliphatic hydroxyl groups excluding tert-OH is 1. The maximum Gasteiger partial charge on any atom is 0.286 e. The van der Waals surface area contributed by atoms with E-state index in [1.54, 1.807) is 13.1 Å². The summed E-state index contributed by atoms with van der Waals surface area (Å²) in [7, 11) is 1.58. The molecule has 3 rings (SSSR count). The molecule has 1 amide bonds. The van der Waals surface area contributed by atoms with Gasteiger partial charge in [0.1, 0.15) is 18.1 Å². The molecular weight excluding hydrogens is 296 g/mol. The molecule has 1 aliphatic heterocycles. The minimum Gasteiger partial charge on any atom is -0.492 e. The summed E-state index contributed by atoms with van der Waals surface area (Å²) in [6.45, 7) is 2.68. The smallest absolute Gasteiger partial charge is 0.286 e. The highest BCUT2D eigenvalue weighted by Gasteiger charge is 2.18. The molecule has 6 heteroatoms. The van der Waals surface area contributed by atoms with Gasteiger partial charge in [-0.3, -0.25) is 9.69 Å². The maximum atomic E-state index is 11.5. The SMILES string of the molecule is CNC(=O)c1ccc(CN2CCOc3ccc(CO)cc3C2)o1. The Bertz CT molecular complexity index is 696. The van der Waals surface area contributed by atoms with Crippen molar-refractivity contribution in [1.82, 2.24) is 10.2 Å². The maximum absolute atomic E-state index is 11.5. The van der Waals surface area contributed by atoms with E-state index in [4.69, 9.17) is 9.15 Å². The van der Waals surface area contributed by atoms with Gasteiger partial charge < -0.3 is 19.6 Å². The molecule has 122 valence electrons. The van der Waals surface area contributed by atoms with Gasteiger partial charge in [-0.15, -0.1) is 0 Å². The first-order valence-corrected chi connectivity index (χ1v) is 7.58. The van der Waals surface area contributed by atoms with Crippen molar-refractivity contribution in [3.05, 3.63) is 53.0 Å². The van der Waals surface area contributed by atoms with E-state index in [0.29, 0.717) is 25.5 Å². The van der Waals surface area contributed by atoms with Gasteiger partial charge in [0.15, 0.2) is 5.76 Å². The predicted octanol–water partition coefficient (Wildman–Crippen LogP) is 1.53. The summed E-state index contributed by atoms with van der Waals surface area (Å²) < 4.78 is 11.3. The van der Waals surface area contributed by atoms with Gasteiger partial charge in [-0.2, -0.15) is 0 Å². The first kappa shape index (κ1) is 15.6. The van der Waals surface area contributed by atoms with Crippen molar-refractivity contribution in [2.45, 2.75) is 19.7 Å². The zero-order valence-electron chi connectivity index (χ0n) is 13.0. The van der Waals surface area contributed by atoms with Gasteiger partial charge >= 0.3 is 0 Å². The Kier molecular flexibility index (Phi) is 4.64. The molecule has 0 unspecified atom stereocenters. The van der Waals surface area contributed by atoms with Gasteiger partial charge in [0.05, 0.1) is 13.2 Å². The van der Waals surface area contributed by atoms with E-state index in [9.17, 15) is 9.90 Å². The Morgan fingerprint density at radius 1 is 1.35 bits per heavy atom. The second kappa shape index (κ2) is 6.85. The topological polar surface area (TPSA) is 74.9 Å². The Morgan fingerprint density at radius 3 is 3.00 bits per heavy atom. The van der Waals surface area contributed by atoms with Crippen molar-refractivity contribution in [2.24, 2.45) is 0 Å². The molecule has 1 aromatic heterocycles. The quantitative estimate of drug-likeness (QED) is 0.895. The van der Waals surface area contributed by atoms with Crippen LogP contribution in [0.25, 0.3) is 0 Å². The Hall–Kier alpha value is -2.31. The molecule has 23 heavy (non-hydrogen) atoms. The molecule has 0 saturated carbocycles.